The number of para-hydroxylation sites is 1. The average Bonchev–Trinajstić information content (AvgIpc) is 3.13. The lowest BCUT2D eigenvalue weighted by molar-refractivity contribution is -0.119. The zero-order valence-electron chi connectivity index (χ0n) is 15.1. The van der Waals surface area contributed by atoms with Crippen molar-refractivity contribution in [2.45, 2.75) is 13.3 Å². The van der Waals surface area contributed by atoms with Gasteiger partial charge < -0.3 is 9.67 Å². The molecule has 27 heavy (non-hydrogen) atoms. The Hall–Kier alpha value is -3.41. The molecule has 1 aliphatic heterocycles. The Bertz CT molecular complexity index is 1080. The Morgan fingerprint density at radius 3 is 2.56 bits per heavy atom. The molecule has 6 nitrogen and oxygen atoms in total. The molecule has 1 N–H and O–H groups in total. The van der Waals surface area contributed by atoms with Crippen molar-refractivity contribution in [3.05, 3.63) is 65.9 Å². The fourth-order valence-corrected chi connectivity index (χ4v) is 3.58. The summed E-state index contributed by atoms with van der Waals surface area (Å²) in [6.07, 6.45) is 2.65. The van der Waals surface area contributed by atoms with Gasteiger partial charge in [0.05, 0.1) is 17.2 Å². The van der Waals surface area contributed by atoms with Gasteiger partial charge in [0, 0.05) is 29.9 Å². The van der Waals surface area contributed by atoms with Crippen LogP contribution in [-0.2, 0) is 18.3 Å². The Morgan fingerprint density at radius 1 is 1.15 bits per heavy atom. The molecule has 0 bridgehead atoms. The molecule has 0 fully saturated rings. The molecule has 4 rings (SSSR count). The number of carbonyl (C=O) groups excluding carboxylic acids is 1. The molecule has 1 unspecified atom stereocenters. The minimum Gasteiger partial charge on any atom is -0.478 e. The van der Waals surface area contributed by atoms with E-state index in [1.165, 1.54) is 17.1 Å². The normalized spacial score (nSPS) is 16.8. The Labute approximate surface area is 156 Å². The van der Waals surface area contributed by atoms with E-state index < -0.39 is 5.97 Å². The number of hydrogen-bond acceptors (Lipinski definition) is 3. The van der Waals surface area contributed by atoms with Crippen LogP contribution in [0.2, 0.25) is 0 Å². The van der Waals surface area contributed by atoms with E-state index in [2.05, 4.69) is 28.0 Å². The van der Waals surface area contributed by atoms with Crippen LogP contribution in [0, 0.1) is 5.92 Å². The first-order valence-electron chi connectivity index (χ1n) is 8.71. The number of rotatable bonds is 4. The summed E-state index contributed by atoms with van der Waals surface area (Å²) >= 11 is 0. The maximum Gasteiger partial charge on any atom is 0.335 e. The number of carboxylic acid groups (broad SMARTS) is 1. The molecule has 0 spiro atoms. The standard InChI is InChI=1S/C21H19N3O3/c1-13-18(11-15-12-23(2)19-6-4-3-5-17(15)19)20(25)24(22-13)16-9-7-14(8-10-16)21(26)27/h3-10,12,18H,11H2,1-2H3,(H,26,27). The summed E-state index contributed by atoms with van der Waals surface area (Å²) in [7, 11) is 2.00. The number of aryl methyl sites for hydroxylation is 1. The summed E-state index contributed by atoms with van der Waals surface area (Å²) < 4.78 is 2.07. The number of fused-ring (bicyclic) bond motifs is 1. The topological polar surface area (TPSA) is 74.9 Å². The molecule has 1 atom stereocenters. The summed E-state index contributed by atoms with van der Waals surface area (Å²) in [5.74, 6) is -1.42. The van der Waals surface area contributed by atoms with E-state index in [-0.39, 0.29) is 17.4 Å². The number of benzene rings is 2. The molecule has 0 saturated carbocycles. The molecule has 0 saturated heterocycles. The highest BCUT2D eigenvalue weighted by Crippen LogP contribution is 2.29. The fourth-order valence-electron chi connectivity index (χ4n) is 3.58. The molecule has 0 aliphatic carbocycles. The van der Waals surface area contributed by atoms with E-state index in [1.54, 1.807) is 12.1 Å². The van der Waals surface area contributed by atoms with Gasteiger partial charge in [-0.15, -0.1) is 0 Å². The first-order chi connectivity index (χ1) is 13.0. The van der Waals surface area contributed by atoms with Crippen LogP contribution in [0.15, 0.2) is 59.8 Å². The van der Waals surface area contributed by atoms with Gasteiger partial charge >= 0.3 is 5.97 Å². The van der Waals surface area contributed by atoms with Gasteiger partial charge in [-0.2, -0.15) is 5.10 Å². The number of hydrazone groups is 1. The van der Waals surface area contributed by atoms with Crippen LogP contribution in [0.25, 0.3) is 10.9 Å². The summed E-state index contributed by atoms with van der Waals surface area (Å²) in [5.41, 5.74) is 3.76. The Balaban J connectivity index is 1.61. The summed E-state index contributed by atoms with van der Waals surface area (Å²) in [4.78, 5) is 24.0. The molecule has 0 radical (unpaired) electrons. The molecule has 136 valence electrons. The van der Waals surface area contributed by atoms with Crippen LogP contribution in [0.1, 0.15) is 22.8 Å². The minimum atomic E-state index is -0.997. The number of hydrogen-bond donors (Lipinski definition) is 1. The number of anilines is 1. The fraction of sp³-hybridized carbons (Fsp3) is 0.190. The van der Waals surface area contributed by atoms with Gasteiger partial charge in [0.1, 0.15) is 0 Å². The SMILES string of the molecule is CC1=NN(c2ccc(C(=O)O)cc2)C(=O)C1Cc1cn(C)c2ccccc12. The summed E-state index contributed by atoms with van der Waals surface area (Å²) in [6, 6.07) is 14.3. The van der Waals surface area contributed by atoms with E-state index in [1.807, 2.05) is 26.1 Å². The molecule has 1 aromatic heterocycles. The van der Waals surface area contributed by atoms with Gasteiger partial charge in [-0.05, 0) is 49.2 Å². The molecule has 6 heteroatoms. The second kappa shape index (κ2) is 6.39. The van der Waals surface area contributed by atoms with Crippen molar-refractivity contribution >= 4 is 34.2 Å². The zero-order valence-corrected chi connectivity index (χ0v) is 15.1. The lowest BCUT2D eigenvalue weighted by Gasteiger charge is -2.14. The van der Waals surface area contributed by atoms with Crippen LogP contribution < -0.4 is 5.01 Å². The van der Waals surface area contributed by atoms with Crippen molar-refractivity contribution in [1.82, 2.24) is 4.57 Å². The van der Waals surface area contributed by atoms with Gasteiger partial charge in [-0.1, -0.05) is 18.2 Å². The predicted molar refractivity (Wildman–Crippen MR) is 104 cm³/mol. The quantitative estimate of drug-likeness (QED) is 0.773. The van der Waals surface area contributed by atoms with E-state index in [0.29, 0.717) is 12.1 Å². The maximum atomic E-state index is 13.0. The van der Waals surface area contributed by atoms with Crippen LogP contribution in [0.5, 0.6) is 0 Å². The molecule has 1 aliphatic rings. The number of aromatic carboxylic acids is 1. The van der Waals surface area contributed by atoms with Crippen LogP contribution in [0.4, 0.5) is 5.69 Å². The van der Waals surface area contributed by atoms with E-state index in [4.69, 9.17) is 5.11 Å². The smallest absolute Gasteiger partial charge is 0.335 e. The van der Waals surface area contributed by atoms with Crippen LogP contribution in [0.3, 0.4) is 0 Å². The zero-order chi connectivity index (χ0) is 19.1. The van der Waals surface area contributed by atoms with Crippen molar-refractivity contribution in [3.8, 4) is 0 Å². The van der Waals surface area contributed by atoms with E-state index >= 15 is 0 Å². The van der Waals surface area contributed by atoms with E-state index in [9.17, 15) is 9.59 Å². The summed E-state index contributed by atoms with van der Waals surface area (Å²) in [5, 5.41) is 16.0. The van der Waals surface area contributed by atoms with Gasteiger partial charge in [-0.3, -0.25) is 4.79 Å². The highest BCUT2D eigenvalue weighted by Gasteiger charge is 2.35. The lowest BCUT2D eigenvalue weighted by atomic mass is 9.95. The highest BCUT2D eigenvalue weighted by atomic mass is 16.4. The first kappa shape index (κ1) is 17.0. The largest absolute Gasteiger partial charge is 0.478 e. The molecule has 1 amide bonds. The monoisotopic (exact) mass is 361 g/mol. The Kier molecular flexibility index (Phi) is 4.03. The van der Waals surface area contributed by atoms with Gasteiger partial charge in [-0.25, -0.2) is 9.80 Å². The number of carboxylic acids is 1. The van der Waals surface area contributed by atoms with Crippen LogP contribution in [-0.4, -0.2) is 27.3 Å². The lowest BCUT2D eigenvalue weighted by Crippen LogP contribution is -2.28. The van der Waals surface area contributed by atoms with E-state index in [0.717, 1.165) is 22.2 Å². The molecular formula is C21H19N3O3. The molecule has 2 aromatic carbocycles. The van der Waals surface area contributed by atoms with Crippen LogP contribution >= 0.6 is 0 Å². The minimum absolute atomic E-state index is 0.0940. The van der Waals surface area contributed by atoms with Gasteiger partial charge in [0.25, 0.3) is 5.91 Å². The number of nitrogens with zero attached hydrogens (tertiary/aromatic N) is 3. The second-order valence-corrected chi connectivity index (χ2v) is 6.78. The maximum absolute atomic E-state index is 13.0. The molecule has 3 aromatic rings. The van der Waals surface area contributed by atoms with Crippen molar-refractivity contribution in [2.75, 3.05) is 5.01 Å². The molecule has 2 heterocycles. The number of carbonyl (C=O) groups is 2. The third kappa shape index (κ3) is 2.89. The van der Waals surface area contributed by atoms with Crippen molar-refractivity contribution in [1.29, 1.82) is 0 Å². The average molecular weight is 361 g/mol. The highest BCUT2D eigenvalue weighted by molar-refractivity contribution is 6.15. The third-order valence-corrected chi connectivity index (χ3v) is 5.03. The van der Waals surface area contributed by atoms with Gasteiger partial charge in [0.2, 0.25) is 0 Å². The molecular weight excluding hydrogens is 342 g/mol. The Morgan fingerprint density at radius 2 is 1.85 bits per heavy atom. The predicted octanol–water partition coefficient (Wildman–Crippen LogP) is 3.46. The number of amides is 1. The first-order valence-corrected chi connectivity index (χ1v) is 8.71. The van der Waals surface area contributed by atoms with Gasteiger partial charge in [0.15, 0.2) is 0 Å². The number of aromatic nitrogens is 1. The van der Waals surface area contributed by atoms with Crippen molar-refractivity contribution in [2.24, 2.45) is 18.1 Å². The van der Waals surface area contributed by atoms with Crippen molar-refractivity contribution < 1.29 is 14.7 Å². The second-order valence-electron chi connectivity index (χ2n) is 6.78. The van der Waals surface area contributed by atoms with Crippen molar-refractivity contribution in [3.63, 3.8) is 0 Å². The summed E-state index contributed by atoms with van der Waals surface area (Å²) in [6.45, 7) is 1.86. The third-order valence-electron chi connectivity index (χ3n) is 5.03.